The van der Waals surface area contributed by atoms with E-state index in [0.29, 0.717) is 11.5 Å². The number of benzene rings is 1. The smallest absolute Gasteiger partial charge is 0.162 e. The van der Waals surface area contributed by atoms with Crippen molar-refractivity contribution in [2.45, 2.75) is 0 Å². The Morgan fingerprint density at radius 2 is 1.90 bits per heavy atom. The van der Waals surface area contributed by atoms with Gasteiger partial charge in [0.2, 0.25) is 0 Å². The Balaban J connectivity index is 1.95. The standard InChI is InChI=1S/C15H15N3O2S/c1-18-8-10(16-9-18)4-5-15-17-11-6-12(19-2)13(20-3)7-14(11)21-15/h4-9H,1-3H3. The number of fused-ring (bicyclic) bond motifs is 1. The fourth-order valence-corrected chi connectivity index (χ4v) is 2.90. The molecular formula is C15H15N3O2S. The Kier molecular flexibility index (Phi) is 3.62. The van der Waals surface area contributed by atoms with Gasteiger partial charge in [0.15, 0.2) is 11.5 Å². The lowest BCUT2D eigenvalue weighted by Gasteiger charge is -2.05. The second kappa shape index (κ2) is 5.57. The third-order valence-electron chi connectivity index (χ3n) is 3.03. The van der Waals surface area contributed by atoms with Crippen molar-refractivity contribution in [1.29, 1.82) is 0 Å². The van der Waals surface area contributed by atoms with Crippen LogP contribution in [0.5, 0.6) is 11.5 Å². The molecule has 0 fully saturated rings. The van der Waals surface area contributed by atoms with E-state index in [0.717, 1.165) is 20.9 Å². The van der Waals surface area contributed by atoms with Crippen LogP contribution in [0.15, 0.2) is 24.7 Å². The van der Waals surface area contributed by atoms with Crippen molar-refractivity contribution in [1.82, 2.24) is 14.5 Å². The summed E-state index contributed by atoms with van der Waals surface area (Å²) in [5.41, 5.74) is 1.81. The third-order valence-corrected chi connectivity index (χ3v) is 4.02. The first-order valence-electron chi connectivity index (χ1n) is 6.38. The van der Waals surface area contributed by atoms with Crippen LogP contribution in [0.3, 0.4) is 0 Å². The molecule has 5 nitrogen and oxygen atoms in total. The summed E-state index contributed by atoms with van der Waals surface area (Å²) in [6.45, 7) is 0. The minimum atomic E-state index is 0.690. The van der Waals surface area contributed by atoms with Crippen LogP contribution in [0.2, 0.25) is 0 Å². The molecule has 0 spiro atoms. The fraction of sp³-hybridized carbons (Fsp3) is 0.200. The Morgan fingerprint density at radius 3 is 2.57 bits per heavy atom. The molecule has 0 radical (unpaired) electrons. The summed E-state index contributed by atoms with van der Waals surface area (Å²) in [4.78, 5) is 8.83. The minimum Gasteiger partial charge on any atom is -0.493 e. The number of methoxy groups -OCH3 is 2. The molecule has 21 heavy (non-hydrogen) atoms. The molecule has 3 rings (SSSR count). The Morgan fingerprint density at radius 1 is 1.14 bits per heavy atom. The van der Waals surface area contributed by atoms with E-state index < -0.39 is 0 Å². The zero-order chi connectivity index (χ0) is 14.8. The van der Waals surface area contributed by atoms with Gasteiger partial charge in [-0.15, -0.1) is 11.3 Å². The molecule has 2 aromatic heterocycles. The molecule has 108 valence electrons. The summed E-state index contributed by atoms with van der Waals surface area (Å²) in [7, 11) is 5.20. The van der Waals surface area contributed by atoms with E-state index in [9.17, 15) is 0 Å². The normalized spacial score (nSPS) is 11.4. The number of rotatable bonds is 4. The summed E-state index contributed by atoms with van der Waals surface area (Å²) < 4.78 is 13.6. The molecule has 6 heteroatoms. The number of aryl methyl sites for hydroxylation is 1. The van der Waals surface area contributed by atoms with E-state index in [4.69, 9.17) is 9.47 Å². The van der Waals surface area contributed by atoms with Gasteiger partial charge >= 0.3 is 0 Å². The van der Waals surface area contributed by atoms with Crippen molar-refractivity contribution in [3.63, 3.8) is 0 Å². The Hall–Kier alpha value is -2.34. The van der Waals surface area contributed by atoms with Crippen LogP contribution in [0.25, 0.3) is 22.4 Å². The van der Waals surface area contributed by atoms with Gasteiger partial charge in [0.05, 0.1) is 36.5 Å². The highest BCUT2D eigenvalue weighted by atomic mass is 32.1. The zero-order valence-electron chi connectivity index (χ0n) is 12.0. The topological polar surface area (TPSA) is 49.2 Å². The van der Waals surface area contributed by atoms with Crippen molar-refractivity contribution in [2.24, 2.45) is 7.05 Å². The molecule has 0 bridgehead atoms. The van der Waals surface area contributed by atoms with Crippen LogP contribution in [-0.4, -0.2) is 28.8 Å². The van der Waals surface area contributed by atoms with E-state index in [1.807, 2.05) is 42.1 Å². The molecule has 0 N–H and O–H groups in total. The van der Waals surface area contributed by atoms with Crippen LogP contribution < -0.4 is 9.47 Å². The monoisotopic (exact) mass is 301 g/mol. The van der Waals surface area contributed by atoms with Gasteiger partial charge in [-0.1, -0.05) is 0 Å². The van der Waals surface area contributed by atoms with Crippen LogP contribution in [0.1, 0.15) is 10.7 Å². The zero-order valence-corrected chi connectivity index (χ0v) is 12.8. The molecule has 2 heterocycles. The molecule has 1 aromatic carbocycles. The van der Waals surface area contributed by atoms with Gasteiger partial charge in [-0.2, -0.15) is 0 Å². The van der Waals surface area contributed by atoms with E-state index in [2.05, 4.69) is 9.97 Å². The molecule has 0 amide bonds. The maximum Gasteiger partial charge on any atom is 0.162 e. The van der Waals surface area contributed by atoms with Gasteiger partial charge in [0.25, 0.3) is 0 Å². The van der Waals surface area contributed by atoms with Gasteiger partial charge < -0.3 is 14.0 Å². The van der Waals surface area contributed by atoms with E-state index in [1.54, 1.807) is 31.9 Å². The molecule has 0 atom stereocenters. The number of hydrogen-bond donors (Lipinski definition) is 0. The van der Waals surface area contributed by atoms with Crippen molar-refractivity contribution in [2.75, 3.05) is 14.2 Å². The SMILES string of the molecule is COc1cc2nc(C=Cc3cn(C)cn3)sc2cc1OC. The molecule has 0 unspecified atom stereocenters. The highest BCUT2D eigenvalue weighted by Gasteiger charge is 2.09. The first kappa shape index (κ1) is 13.6. The highest BCUT2D eigenvalue weighted by molar-refractivity contribution is 7.19. The summed E-state index contributed by atoms with van der Waals surface area (Å²) in [6, 6.07) is 3.84. The van der Waals surface area contributed by atoms with Crippen molar-refractivity contribution in [3.05, 3.63) is 35.4 Å². The van der Waals surface area contributed by atoms with Crippen molar-refractivity contribution in [3.8, 4) is 11.5 Å². The lowest BCUT2D eigenvalue weighted by Crippen LogP contribution is -1.89. The van der Waals surface area contributed by atoms with Crippen molar-refractivity contribution >= 4 is 33.7 Å². The number of nitrogens with zero attached hydrogens (tertiary/aromatic N) is 3. The Bertz CT molecular complexity index is 763. The quantitative estimate of drug-likeness (QED) is 0.742. The first-order chi connectivity index (χ1) is 10.2. The summed E-state index contributed by atoms with van der Waals surface area (Å²) in [6.07, 6.45) is 7.64. The van der Waals surface area contributed by atoms with Crippen LogP contribution in [-0.2, 0) is 7.05 Å². The minimum absolute atomic E-state index is 0.690. The number of thiazole rings is 1. The molecule has 0 saturated carbocycles. The summed E-state index contributed by atoms with van der Waals surface area (Å²) >= 11 is 1.60. The summed E-state index contributed by atoms with van der Waals surface area (Å²) in [5, 5.41) is 0.922. The van der Waals surface area contributed by atoms with Crippen LogP contribution in [0, 0.1) is 0 Å². The third kappa shape index (κ3) is 2.75. The predicted octanol–water partition coefficient (Wildman–Crippen LogP) is 3.22. The number of aromatic nitrogens is 3. The van der Waals surface area contributed by atoms with E-state index in [1.165, 1.54) is 0 Å². The number of hydrogen-bond acceptors (Lipinski definition) is 5. The second-order valence-electron chi connectivity index (χ2n) is 4.52. The van der Waals surface area contributed by atoms with Gasteiger partial charge in [0.1, 0.15) is 5.01 Å². The van der Waals surface area contributed by atoms with Gasteiger partial charge in [-0.05, 0) is 12.2 Å². The van der Waals surface area contributed by atoms with Crippen LogP contribution in [0.4, 0.5) is 0 Å². The van der Waals surface area contributed by atoms with E-state index >= 15 is 0 Å². The number of imidazole rings is 1. The summed E-state index contributed by atoms with van der Waals surface area (Å²) in [5.74, 6) is 1.41. The molecular weight excluding hydrogens is 286 g/mol. The lowest BCUT2D eigenvalue weighted by molar-refractivity contribution is 0.356. The molecule has 0 aliphatic heterocycles. The van der Waals surface area contributed by atoms with Crippen molar-refractivity contribution < 1.29 is 9.47 Å². The van der Waals surface area contributed by atoms with E-state index in [-0.39, 0.29) is 0 Å². The predicted molar refractivity (Wildman–Crippen MR) is 84.9 cm³/mol. The second-order valence-corrected chi connectivity index (χ2v) is 5.59. The molecule has 3 aromatic rings. The first-order valence-corrected chi connectivity index (χ1v) is 7.20. The number of ether oxygens (including phenoxy) is 2. The van der Waals surface area contributed by atoms with Gasteiger partial charge in [-0.25, -0.2) is 9.97 Å². The van der Waals surface area contributed by atoms with Gasteiger partial charge in [-0.3, -0.25) is 0 Å². The molecule has 0 aliphatic rings. The average Bonchev–Trinajstić information content (AvgIpc) is 3.08. The highest BCUT2D eigenvalue weighted by Crippen LogP contribution is 2.35. The molecule has 0 aliphatic carbocycles. The maximum absolute atomic E-state index is 5.31. The Labute approximate surface area is 126 Å². The fourth-order valence-electron chi connectivity index (χ4n) is 2.02. The van der Waals surface area contributed by atoms with Crippen LogP contribution >= 0.6 is 11.3 Å². The maximum atomic E-state index is 5.31. The molecule has 0 saturated heterocycles. The lowest BCUT2D eigenvalue weighted by atomic mass is 10.3. The average molecular weight is 301 g/mol. The van der Waals surface area contributed by atoms with Gasteiger partial charge in [0, 0.05) is 25.4 Å². The largest absolute Gasteiger partial charge is 0.493 e.